The zero-order valence-corrected chi connectivity index (χ0v) is 18.2. The second-order valence-electron chi connectivity index (χ2n) is 9.27. The molecule has 2 fully saturated rings. The molecule has 2 saturated carbocycles. The highest BCUT2D eigenvalue weighted by Gasteiger charge is 2.38. The molecule has 1 aliphatic heterocycles. The molecule has 30 heavy (non-hydrogen) atoms. The molecule has 0 spiro atoms. The summed E-state index contributed by atoms with van der Waals surface area (Å²) in [6.07, 6.45) is 9.60. The van der Waals surface area contributed by atoms with E-state index >= 15 is 0 Å². The minimum Gasteiger partial charge on any atom is -0.486 e. The lowest BCUT2D eigenvalue weighted by atomic mass is 9.87. The summed E-state index contributed by atoms with van der Waals surface area (Å²) in [6, 6.07) is 6.49. The Hall–Kier alpha value is -1.79. The van der Waals surface area contributed by atoms with Crippen molar-refractivity contribution in [3.63, 3.8) is 0 Å². The largest absolute Gasteiger partial charge is 0.486 e. The van der Waals surface area contributed by atoms with Gasteiger partial charge < -0.3 is 19.9 Å². The number of hydrogen-bond donors (Lipinski definition) is 2. The number of nitrogens with zero attached hydrogens (tertiary/aromatic N) is 1. The van der Waals surface area contributed by atoms with Crippen molar-refractivity contribution in [1.82, 2.24) is 10.2 Å². The van der Waals surface area contributed by atoms with Gasteiger partial charge in [-0.1, -0.05) is 38.2 Å². The van der Waals surface area contributed by atoms with Crippen molar-refractivity contribution in [2.75, 3.05) is 26.3 Å². The van der Waals surface area contributed by atoms with E-state index in [4.69, 9.17) is 9.47 Å². The van der Waals surface area contributed by atoms with Gasteiger partial charge in [-0.15, -0.1) is 0 Å². The molecule has 1 amide bonds. The van der Waals surface area contributed by atoms with Gasteiger partial charge in [0.15, 0.2) is 11.5 Å². The first-order chi connectivity index (χ1) is 14.6. The molecule has 2 aliphatic carbocycles. The lowest BCUT2D eigenvalue weighted by Crippen LogP contribution is -2.51. The number of ether oxygens (including phenoxy) is 2. The summed E-state index contributed by atoms with van der Waals surface area (Å²) in [5, 5.41) is 13.4. The predicted molar refractivity (Wildman–Crippen MR) is 116 cm³/mol. The average Bonchev–Trinajstić information content (AvgIpc) is 3.22. The molecule has 0 aromatic heterocycles. The molecule has 0 bridgehead atoms. The van der Waals surface area contributed by atoms with Crippen molar-refractivity contribution in [3.05, 3.63) is 23.8 Å². The van der Waals surface area contributed by atoms with Crippen LogP contribution in [0.2, 0.25) is 0 Å². The van der Waals surface area contributed by atoms with Crippen LogP contribution in [-0.2, 0) is 10.3 Å². The number of hydrogen-bond acceptors (Lipinski definition) is 5. The molecule has 1 atom stereocenters. The quantitative estimate of drug-likeness (QED) is 0.713. The minimum absolute atomic E-state index is 0.0537. The van der Waals surface area contributed by atoms with E-state index in [9.17, 15) is 9.90 Å². The summed E-state index contributed by atoms with van der Waals surface area (Å²) in [6.45, 7) is 3.85. The molecular formula is C24H36N2O4. The molecule has 1 aromatic carbocycles. The Bertz CT molecular complexity index is 724. The molecule has 1 unspecified atom stereocenters. The summed E-state index contributed by atoms with van der Waals surface area (Å²) < 4.78 is 11.5. The van der Waals surface area contributed by atoms with Gasteiger partial charge in [-0.3, -0.25) is 9.69 Å². The van der Waals surface area contributed by atoms with E-state index in [1.54, 1.807) is 6.92 Å². The summed E-state index contributed by atoms with van der Waals surface area (Å²) in [7, 11) is 0. The van der Waals surface area contributed by atoms with Gasteiger partial charge in [0.2, 0.25) is 5.91 Å². The molecular weight excluding hydrogens is 380 g/mol. The average molecular weight is 417 g/mol. The van der Waals surface area contributed by atoms with E-state index in [0.29, 0.717) is 32.3 Å². The topological polar surface area (TPSA) is 71.0 Å². The molecule has 2 N–H and O–H groups in total. The Kier molecular flexibility index (Phi) is 6.84. The number of carbonyl (C=O) groups excluding carboxylic acids is 1. The molecule has 0 radical (unpaired) electrons. The number of aliphatic hydroxyl groups is 1. The van der Waals surface area contributed by atoms with Gasteiger partial charge in [0.1, 0.15) is 13.2 Å². The van der Waals surface area contributed by atoms with E-state index in [-0.39, 0.29) is 11.4 Å². The maximum absolute atomic E-state index is 13.2. The fourth-order valence-electron chi connectivity index (χ4n) is 5.42. The van der Waals surface area contributed by atoms with Crippen LogP contribution < -0.4 is 14.8 Å². The SMILES string of the molecule is CC(O)CN(CC(=O)NC1(c2ccc3c(c2)OCCO3)CCCC1)C1CCCCC1. The van der Waals surface area contributed by atoms with Crippen LogP contribution in [0.3, 0.4) is 0 Å². The molecule has 0 saturated heterocycles. The van der Waals surface area contributed by atoms with Crippen molar-refractivity contribution in [3.8, 4) is 11.5 Å². The number of carbonyl (C=O) groups is 1. The molecule has 3 aliphatic rings. The van der Waals surface area contributed by atoms with Gasteiger partial charge in [0.25, 0.3) is 0 Å². The highest BCUT2D eigenvalue weighted by molar-refractivity contribution is 5.79. The van der Waals surface area contributed by atoms with Gasteiger partial charge in [0, 0.05) is 12.6 Å². The van der Waals surface area contributed by atoms with Crippen LogP contribution in [0.1, 0.15) is 70.3 Å². The van der Waals surface area contributed by atoms with Gasteiger partial charge in [0.05, 0.1) is 18.2 Å². The second-order valence-corrected chi connectivity index (χ2v) is 9.27. The van der Waals surface area contributed by atoms with E-state index in [1.807, 2.05) is 6.07 Å². The third-order valence-electron chi connectivity index (χ3n) is 6.87. The molecule has 6 heteroatoms. The van der Waals surface area contributed by atoms with Crippen LogP contribution in [0.15, 0.2) is 18.2 Å². The van der Waals surface area contributed by atoms with Crippen molar-refractivity contribution in [2.24, 2.45) is 0 Å². The third-order valence-corrected chi connectivity index (χ3v) is 6.87. The number of benzene rings is 1. The number of nitrogens with one attached hydrogen (secondary N) is 1. The van der Waals surface area contributed by atoms with E-state index in [1.165, 1.54) is 19.3 Å². The van der Waals surface area contributed by atoms with Crippen LogP contribution in [0.5, 0.6) is 11.5 Å². The maximum Gasteiger partial charge on any atom is 0.234 e. The minimum atomic E-state index is -0.432. The van der Waals surface area contributed by atoms with Gasteiger partial charge in [-0.2, -0.15) is 0 Å². The Balaban J connectivity index is 1.48. The zero-order chi connectivity index (χ0) is 21.0. The number of amides is 1. The van der Waals surface area contributed by atoms with Crippen LogP contribution >= 0.6 is 0 Å². The Morgan fingerprint density at radius 1 is 1.13 bits per heavy atom. The zero-order valence-electron chi connectivity index (χ0n) is 18.2. The Labute approximate surface area is 179 Å². The first-order valence-electron chi connectivity index (χ1n) is 11.7. The normalized spacial score (nSPS) is 22.1. The molecule has 4 rings (SSSR count). The van der Waals surface area contributed by atoms with E-state index in [0.717, 1.165) is 55.6 Å². The Morgan fingerprint density at radius 3 is 2.53 bits per heavy atom. The number of fused-ring (bicyclic) bond motifs is 1. The van der Waals surface area contributed by atoms with Crippen molar-refractivity contribution in [1.29, 1.82) is 0 Å². The molecule has 6 nitrogen and oxygen atoms in total. The number of rotatable bonds is 7. The van der Waals surface area contributed by atoms with Crippen LogP contribution in [-0.4, -0.2) is 54.4 Å². The first kappa shape index (κ1) is 21.4. The van der Waals surface area contributed by atoms with Gasteiger partial charge in [-0.05, 0) is 50.3 Å². The van der Waals surface area contributed by atoms with Crippen molar-refractivity contribution < 1.29 is 19.4 Å². The predicted octanol–water partition coefficient (Wildman–Crippen LogP) is 3.36. The van der Waals surface area contributed by atoms with Crippen molar-refractivity contribution >= 4 is 5.91 Å². The summed E-state index contributed by atoms with van der Waals surface area (Å²) in [4.78, 5) is 15.4. The van der Waals surface area contributed by atoms with Crippen LogP contribution in [0.4, 0.5) is 0 Å². The lowest BCUT2D eigenvalue weighted by Gasteiger charge is -2.37. The highest BCUT2D eigenvalue weighted by Crippen LogP contribution is 2.42. The van der Waals surface area contributed by atoms with Crippen LogP contribution in [0.25, 0.3) is 0 Å². The van der Waals surface area contributed by atoms with Gasteiger partial charge >= 0.3 is 0 Å². The van der Waals surface area contributed by atoms with E-state index < -0.39 is 6.10 Å². The summed E-state index contributed by atoms with van der Waals surface area (Å²) >= 11 is 0. The molecule has 1 heterocycles. The first-order valence-corrected chi connectivity index (χ1v) is 11.7. The number of aliphatic hydroxyl groups excluding tert-OH is 1. The monoisotopic (exact) mass is 416 g/mol. The second kappa shape index (κ2) is 9.56. The summed E-state index contributed by atoms with van der Waals surface area (Å²) in [5.74, 6) is 1.61. The maximum atomic E-state index is 13.2. The Morgan fingerprint density at radius 2 is 1.83 bits per heavy atom. The van der Waals surface area contributed by atoms with Crippen LogP contribution in [0, 0.1) is 0 Å². The standard InChI is InChI=1S/C24H36N2O4/c1-18(27)16-26(20-7-3-2-4-8-20)17-23(28)25-24(11-5-6-12-24)19-9-10-21-22(15-19)30-14-13-29-21/h9-10,15,18,20,27H,2-8,11-14,16-17H2,1H3,(H,25,28). The fourth-order valence-corrected chi connectivity index (χ4v) is 5.42. The van der Waals surface area contributed by atoms with E-state index in [2.05, 4.69) is 22.3 Å². The fraction of sp³-hybridized carbons (Fsp3) is 0.708. The smallest absolute Gasteiger partial charge is 0.234 e. The van der Waals surface area contributed by atoms with Gasteiger partial charge in [-0.25, -0.2) is 0 Å². The van der Waals surface area contributed by atoms with Crippen molar-refractivity contribution in [2.45, 2.75) is 82.4 Å². The summed E-state index contributed by atoms with van der Waals surface area (Å²) in [5.41, 5.74) is 0.771. The molecule has 1 aromatic rings. The molecule has 166 valence electrons. The lowest BCUT2D eigenvalue weighted by molar-refractivity contribution is -0.125. The third kappa shape index (κ3) is 4.92. The highest BCUT2D eigenvalue weighted by atomic mass is 16.6.